The first-order valence-electron chi connectivity index (χ1n) is 7.66. The fourth-order valence-electron chi connectivity index (χ4n) is 2.44. The lowest BCUT2D eigenvalue weighted by atomic mass is 10.2. The lowest BCUT2D eigenvalue weighted by Crippen LogP contribution is -1.98. The maximum Gasteiger partial charge on any atom is 0.130 e. The third-order valence-electron chi connectivity index (χ3n) is 3.83. The van der Waals surface area contributed by atoms with Crippen LogP contribution in [0, 0.1) is 27.7 Å². The highest BCUT2D eigenvalue weighted by molar-refractivity contribution is 5.50. The van der Waals surface area contributed by atoms with Gasteiger partial charge in [0.15, 0.2) is 0 Å². The van der Waals surface area contributed by atoms with Gasteiger partial charge in [-0.1, -0.05) is 35.4 Å². The summed E-state index contributed by atoms with van der Waals surface area (Å²) in [6.07, 6.45) is 0. The van der Waals surface area contributed by atoms with E-state index in [-0.39, 0.29) is 0 Å². The van der Waals surface area contributed by atoms with Gasteiger partial charge in [0.2, 0.25) is 0 Å². The van der Waals surface area contributed by atoms with Gasteiger partial charge in [0.25, 0.3) is 0 Å². The highest BCUT2D eigenvalue weighted by atomic mass is 15.3. The Morgan fingerprint density at radius 1 is 0.739 bits per heavy atom. The summed E-state index contributed by atoms with van der Waals surface area (Å²) in [5.74, 6) is 0. The molecule has 0 unspecified atom stereocenters. The molecule has 0 radical (unpaired) electrons. The van der Waals surface area contributed by atoms with Crippen LogP contribution in [-0.2, 0) is 0 Å². The predicted octanol–water partition coefficient (Wildman–Crippen LogP) is 5.52. The Kier molecular flexibility index (Phi) is 4.06. The number of aryl methyl sites for hydroxylation is 3. The maximum atomic E-state index is 4.60. The van der Waals surface area contributed by atoms with Crippen LogP contribution >= 0.6 is 0 Å². The van der Waals surface area contributed by atoms with Gasteiger partial charge >= 0.3 is 0 Å². The van der Waals surface area contributed by atoms with Crippen LogP contribution in [0.15, 0.2) is 58.8 Å². The lowest BCUT2D eigenvalue weighted by Gasteiger charge is -2.04. The Hall–Kier alpha value is -2.75. The van der Waals surface area contributed by atoms with Crippen LogP contribution < -0.4 is 0 Å². The van der Waals surface area contributed by atoms with Crippen molar-refractivity contribution in [2.75, 3.05) is 0 Å². The number of nitrogens with zero attached hydrogens (tertiary/aromatic N) is 4. The molecule has 0 bridgehead atoms. The summed E-state index contributed by atoms with van der Waals surface area (Å²) in [6, 6.07) is 16.3. The highest BCUT2D eigenvalue weighted by Gasteiger charge is 2.12. The smallest absolute Gasteiger partial charge is 0.130 e. The second-order valence-corrected chi connectivity index (χ2v) is 5.80. The summed E-state index contributed by atoms with van der Waals surface area (Å²) in [7, 11) is 0. The fourth-order valence-corrected chi connectivity index (χ4v) is 2.44. The Bertz CT molecular complexity index is 840. The molecular formula is C19H20N4. The number of hydrogen-bond donors (Lipinski definition) is 0. The average Bonchev–Trinajstić information content (AvgIpc) is 2.82. The number of hydrogen-bond acceptors (Lipinski definition) is 3. The second kappa shape index (κ2) is 6.16. The van der Waals surface area contributed by atoms with Gasteiger partial charge in [0.05, 0.1) is 22.8 Å². The quantitative estimate of drug-likeness (QED) is 0.587. The zero-order chi connectivity index (χ0) is 16.4. The molecule has 0 fully saturated rings. The molecule has 0 spiro atoms. The summed E-state index contributed by atoms with van der Waals surface area (Å²) < 4.78 is 1.91. The zero-order valence-corrected chi connectivity index (χ0v) is 13.9. The topological polar surface area (TPSA) is 42.5 Å². The molecule has 3 aromatic rings. The van der Waals surface area contributed by atoms with E-state index in [9.17, 15) is 0 Å². The summed E-state index contributed by atoms with van der Waals surface area (Å²) in [5, 5.41) is 13.3. The maximum absolute atomic E-state index is 4.60. The SMILES string of the molecule is Cc1ccc(N=Nc2c(C)nn(-c3ccc(C)cc3)c2C)cc1. The summed E-state index contributed by atoms with van der Waals surface area (Å²) >= 11 is 0. The molecule has 4 nitrogen and oxygen atoms in total. The van der Waals surface area contributed by atoms with Crippen molar-refractivity contribution in [1.29, 1.82) is 0 Å². The lowest BCUT2D eigenvalue weighted by molar-refractivity contribution is 0.833. The molecule has 1 heterocycles. The monoisotopic (exact) mass is 304 g/mol. The van der Waals surface area contributed by atoms with E-state index in [0.717, 1.165) is 28.5 Å². The van der Waals surface area contributed by atoms with Gasteiger partial charge in [0, 0.05) is 0 Å². The molecule has 0 saturated heterocycles. The van der Waals surface area contributed by atoms with Crippen molar-refractivity contribution < 1.29 is 0 Å². The summed E-state index contributed by atoms with van der Waals surface area (Å²) in [4.78, 5) is 0. The average molecular weight is 304 g/mol. The second-order valence-electron chi connectivity index (χ2n) is 5.80. The molecule has 0 aliphatic carbocycles. The number of benzene rings is 2. The van der Waals surface area contributed by atoms with Crippen LogP contribution in [0.2, 0.25) is 0 Å². The van der Waals surface area contributed by atoms with E-state index in [0.29, 0.717) is 0 Å². The molecular weight excluding hydrogens is 284 g/mol. The third kappa shape index (κ3) is 3.21. The Morgan fingerprint density at radius 3 is 1.91 bits per heavy atom. The van der Waals surface area contributed by atoms with E-state index in [2.05, 4.69) is 53.4 Å². The van der Waals surface area contributed by atoms with Crippen molar-refractivity contribution in [3.05, 3.63) is 71.0 Å². The van der Waals surface area contributed by atoms with E-state index in [1.54, 1.807) is 0 Å². The molecule has 0 N–H and O–H groups in total. The van der Waals surface area contributed by atoms with Crippen LogP contribution in [0.25, 0.3) is 5.69 Å². The van der Waals surface area contributed by atoms with Crippen LogP contribution in [0.4, 0.5) is 11.4 Å². The Labute approximate surface area is 136 Å². The zero-order valence-electron chi connectivity index (χ0n) is 13.9. The van der Waals surface area contributed by atoms with E-state index in [1.165, 1.54) is 11.1 Å². The summed E-state index contributed by atoms with van der Waals surface area (Å²) in [5.41, 5.74) is 7.01. The standard InChI is InChI=1S/C19H20N4/c1-13-5-9-17(10-6-13)20-21-19-15(3)22-23(16(19)4)18-11-7-14(2)8-12-18/h5-12H,1-4H3. The van der Waals surface area contributed by atoms with Crippen molar-refractivity contribution in [2.24, 2.45) is 10.2 Å². The van der Waals surface area contributed by atoms with Gasteiger partial charge in [-0.3, -0.25) is 0 Å². The minimum atomic E-state index is 0.825. The molecule has 3 rings (SSSR count). The number of azo groups is 1. The summed E-state index contributed by atoms with van der Waals surface area (Å²) in [6.45, 7) is 8.11. The molecule has 116 valence electrons. The molecule has 0 saturated carbocycles. The number of rotatable bonds is 3. The van der Waals surface area contributed by atoms with Gasteiger partial charge in [-0.05, 0) is 52.0 Å². The minimum Gasteiger partial charge on any atom is -0.236 e. The first kappa shape index (κ1) is 15.2. The number of aromatic nitrogens is 2. The van der Waals surface area contributed by atoms with E-state index >= 15 is 0 Å². The van der Waals surface area contributed by atoms with Crippen LogP contribution in [0.5, 0.6) is 0 Å². The van der Waals surface area contributed by atoms with Crippen LogP contribution in [-0.4, -0.2) is 9.78 Å². The van der Waals surface area contributed by atoms with E-state index < -0.39 is 0 Å². The van der Waals surface area contributed by atoms with Gasteiger partial charge in [0.1, 0.15) is 5.69 Å². The molecule has 0 aliphatic heterocycles. The normalized spacial score (nSPS) is 11.3. The van der Waals surface area contributed by atoms with Gasteiger partial charge in [-0.25, -0.2) is 4.68 Å². The molecule has 4 heteroatoms. The van der Waals surface area contributed by atoms with Gasteiger partial charge < -0.3 is 0 Å². The first-order chi connectivity index (χ1) is 11.0. The van der Waals surface area contributed by atoms with Crippen molar-refractivity contribution in [3.63, 3.8) is 0 Å². The van der Waals surface area contributed by atoms with Crippen molar-refractivity contribution in [1.82, 2.24) is 9.78 Å². The minimum absolute atomic E-state index is 0.825. The van der Waals surface area contributed by atoms with E-state index in [1.807, 2.05) is 42.8 Å². The Morgan fingerprint density at radius 2 is 1.30 bits per heavy atom. The van der Waals surface area contributed by atoms with Crippen LogP contribution in [0.3, 0.4) is 0 Å². The predicted molar refractivity (Wildman–Crippen MR) is 93.1 cm³/mol. The molecule has 23 heavy (non-hydrogen) atoms. The molecule has 2 aromatic carbocycles. The van der Waals surface area contributed by atoms with Crippen molar-refractivity contribution >= 4 is 11.4 Å². The molecule has 0 atom stereocenters. The van der Waals surface area contributed by atoms with Crippen molar-refractivity contribution in [3.8, 4) is 5.69 Å². The molecule has 0 aliphatic rings. The van der Waals surface area contributed by atoms with Gasteiger partial charge in [-0.2, -0.15) is 10.2 Å². The van der Waals surface area contributed by atoms with Crippen LogP contribution in [0.1, 0.15) is 22.5 Å². The largest absolute Gasteiger partial charge is 0.236 e. The molecule has 1 aromatic heterocycles. The first-order valence-corrected chi connectivity index (χ1v) is 7.66. The van der Waals surface area contributed by atoms with Gasteiger partial charge in [-0.15, -0.1) is 5.11 Å². The molecule has 0 amide bonds. The third-order valence-corrected chi connectivity index (χ3v) is 3.83. The van der Waals surface area contributed by atoms with E-state index in [4.69, 9.17) is 0 Å². The fraction of sp³-hybridized carbons (Fsp3) is 0.211. The van der Waals surface area contributed by atoms with Crippen molar-refractivity contribution in [2.45, 2.75) is 27.7 Å². The highest BCUT2D eigenvalue weighted by Crippen LogP contribution is 2.27. The Balaban J connectivity index is 1.94.